The molecule has 0 radical (unpaired) electrons. The molecule has 0 aromatic carbocycles. The summed E-state index contributed by atoms with van der Waals surface area (Å²) in [5, 5.41) is 3.99. The van der Waals surface area contributed by atoms with Gasteiger partial charge in [0, 0.05) is 35.4 Å². The van der Waals surface area contributed by atoms with E-state index in [1.54, 1.807) is 12.4 Å². The number of anilines is 1. The molecule has 0 fully saturated rings. The van der Waals surface area contributed by atoms with E-state index in [4.69, 9.17) is 16.6 Å². The second-order valence-corrected chi connectivity index (χ2v) is 6.22. The zero-order valence-electron chi connectivity index (χ0n) is 13.5. The van der Waals surface area contributed by atoms with E-state index < -0.39 is 0 Å². The summed E-state index contributed by atoms with van der Waals surface area (Å²) in [4.78, 5) is 18.1. The first kappa shape index (κ1) is 15.0. The summed E-state index contributed by atoms with van der Waals surface area (Å²) in [5.74, 6) is 0.808. The van der Waals surface area contributed by atoms with Crippen LogP contribution in [0.15, 0.2) is 52.0 Å². The lowest BCUT2D eigenvalue weighted by atomic mass is 10.0. The zero-order chi connectivity index (χ0) is 16.7. The third kappa shape index (κ3) is 2.41. The molecule has 0 atom stereocenters. The van der Waals surface area contributed by atoms with Gasteiger partial charge < -0.3 is 5.32 Å². The lowest BCUT2D eigenvalue weighted by molar-refractivity contribution is 1.03. The van der Waals surface area contributed by atoms with Gasteiger partial charge in [0.25, 0.3) is 0 Å². The van der Waals surface area contributed by atoms with Gasteiger partial charge >= 0.3 is 0 Å². The van der Waals surface area contributed by atoms with E-state index in [-0.39, 0.29) is 0 Å². The van der Waals surface area contributed by atoms with Crippen molar-refractivity contribution in [3.05, 3.63) is 63.8 Å². The van der Waals surface area contributed by atoms with Gasteiger partial charge in [0.05, 0.1) is 23.0 Å². The topological polar surface area (TPSA) is 62.5 Å². The summed E-state index contributed by atoms with van der Waals surface area (Å²) >= 11 is 6.38. The molecule has 4 heterocycles. The van der Waals surface area contributed by atoms with Gasteiger partial charge in [-0.1, -0.05) is 18.5 Å². The van der Waals surface area contributed by atoms with Crippen LogP contribution >= 0.6 is 11.6 Å². The van der Waals surface area contributed by atoms with E-state index in [1.165, 1.54) is 0 Å². The highest BCUT2D eigenvalue weighted by molar-refractivity contribution is 6.36. The minimum Gasteiger partial charge on any atom is -0.338 e. The molecule has 0 bridgehead atoms. The van der Waals surface area contributed by atoms with Crippen molar-refractivity contribution in [3.63, 3.8) is 0 Å². The molecule has 2 aliphatic rings. The number of fused-ring (bicyclic) bond motifs is 2. The second-order valence-electron chi connectivity index (χ2n) is 5.81. The Kier molecular flexibility index (Phi) is 3.65. The number of halogens is 1. The van der Waals surface area contributed by atoms with Crippen molar-refractivity contribution in [1.29, 1.82) is 0 Å². The van der Waals surface area contributed by atoms with Gasteiger partial charge in [-0.25, -0.2) is 4.99 Å². The zero-order valence-corrected chi connectivity index (χ0v) is 14.2. The molecule has 0 amide bonds. The van der Waals surface area contributed by atoms with Gasteiger partial charge in [0.15, 0.2) is 5.84 Å². The smallest absolute Gasteiger partial charge is 0.152 e. The summed E-state index contributed by atoms with van der Waals surface area (Å²) in [7, 11) is 0. The average molecular weight is 338 g/mol. The predicted molar refractivity (Wildman–Crippen MR) is 97.1 cm³/mol. The minimum absolute atomic E-state index is 0.568. The Balaban J connectivity index is 1.99. The summed E-state index contributed by atoms with van der Waals surface area (Å²) in [6, 6.07) is 3.94. The first-order valence-corrected chi connectivity index (χ1v) is 8.24. The van der Waals surface area contributed by atoms with Crippen LogP contribution in [0.3, 0.4) is 0 Å². The van der Waals surface area contributed by atoms with Crippen LogP contribution < -0.4 is 5.32 Å². The van der Waals surface area contributed by atoms with Gasteiger partial charge in [0.1, 0.15) is 5.70 Å². The molecule has 2 aromatic heterocycles. The molecule has 2 aliphatic heterocycles. The maximum atomic E-state index is 6.38. The summed E-state index contributed by atoms with van der Waals surface area (Å²) in [5.41, 5.74) is 6.54. The van der Waals surface area contributed by atoms with E-state index in [0.717, 1.165) is 51.7 Å². The molecule has 0 spiro atoms. The van der Waals surface area contributed by atoms with Gasteiger partial charge in [-0.15, -0.1) is 0 Å². The van der Waals surface area contributed by atoms with E-state index in [0.29, 0.717) is 11.6 Å². The number of hydrogen-bond acceptors (Lipinski definition) is 5. The highest BCUT2D eigenvalue weighted by Crippen LogP contribution is 2.31. The maximum absolute atomic E-state index is 6.38. The van der Waals surface area contributed by atoms with Crippen molar-refractivity contribution in [1.82, 2.24) is 9.97 Å². The van der Waals surface area contributed by atoms with Crippen molar-refractivity contribution in [2.75, 3.05) is 11.9 Å². The number of aliphatic imine (C=N–C) groups is 2. The number of pyridine rings is 2. The molecule has 1 N–H and O–H groups in total. The Morgan fingerprint density at radius 2 is 2.12 bits per heavy atom. The first-order valence-electron chi connectivity index (χ1n) is 7.87. The molecule has 2 aromatic rings. The Hall–Kier alpha value is -2.53. The average Bonchev–Trinajstić information content (AvgIpc) is 2.85. The van der Waals surface area contributed by atoms with Gasteiger partial charge in [-0.2, -0.15) is 0 Å². The molecule has 0 saturated heterocycles. The van der Waals surface area contributed by atoms with Crippen molar-refractivity contribution in [2.24, 2.45) is 9.98 Å². The van der Waals surface area contributed by atoms with Crippen LogP contribution in [0.1, 0.15) is 30.7 Å². The van der Waals surface area contributed by atoms with Gasteiger partial charge in [-0.3, -0.25) is 15.0 Å². The number of aryl methyl sites for hydroxylation is 1. The largest absolute Gasteiger partial charge is 0.338 e. The standard InChI is InChI=1S/C18H16ClN5/c1-3-11-6-15-13(8-21-11)17(12-4-5-20-9-14(12)19)24-16-10(2)7-22-18(16)23-15/h4-6,8-9H,3,7H2,1-2H3,(H,22,23). The number of rotatable bonds is 2. The van der Waals surface area contributed by atoms with Crippen LogP contribution in [-0.2, 0) is 6.42 Å². The van der Waals surface area contributed by atoms with Crippen molar-refractivity contribution >= 4 is 28.8 Å². The molecule has 0 aliphatic carbocycles. The van der Waals surface area contributed by atoms with Crippen LogP contribution in [0.2, 0.25) is 5.02 Å². The van der Waals surface area contributed by atoms with E-state index in [1.807, 2.05) is 12.3 Å². The highest BCUT2D eigenvalue weighted by Gasteiger charge is 2.25. The SMILES string of the molecule is CCc1cc2c(cn1)C(c1ccncc1Cl)=NC1=C(C)CN=C1N2. The molecular weight excluding hydrogens is 322 g/mol. The predicted octanol–water partition coefficient (Wildman–Crippen LogP) is 3.64. The highest BCUT2D eigenvalue weighted by atomic mass is 35.5. The molecule has 5 nitrogen and oxygen atoms in total. The van der Waals surface area contributed by atoms with Crippen LogP contribution in [0.4, 0.5) is 5.69 Å². The van der Waals surface area contributed by atoms with Crippen molar-refractivity contribution < 1.29 is 0 Å². The number of amidine groups is 1. The minimum atomic E-state index is 0.568. The first-order chi connectivity index (χ1) is 11.7. The van der Waals surface area contributed by atoms with Crippen LogP contribution in [0.25, 0.3) is 0 Å². The molecule has 24 heavy (non-hydrogen) atoms. The van der Waals surface area contributed by atoms with Crippen LogP contribution in [-0.4, -0.2) is 28.1 Å². The lowest BCUT2D eigenvalue weighted by Gasteiger charge is -2.12. The third-order valence-corrected chi connectivity index (χ3v) is 4.49. The van der Waals surface area contributed by atoms with Crippen molar-refractivity contribution in [3.8, 4) is 0 Å². The number of aromatic nitrogens is 2. The normalized spacial score (nSPS) is 16.0. The molecule has 0 unspecified atom stereocenters. The Morgan fingerprint density at radius 1 is 1.25 bits per heavy atom. The molecule has 0 saturated carbocycles. The van der Waals surface area contributed by atoms with Crippen LogP contribution in [0, 0.1) is 0 Å². The summed E-state index contributed by atoms with van der Waals surface area (Å²) < 4.78 is 0. The number of nitrogens with zero attached hydrogens (tertiary/aromatic N) is 4. The van der Waals surface area contributed by atoms with Crippen LogP contribution in [0.5, 0.6) is 0 Å². The van der Waals surface area contributed by atoms with Crippen molar-refractivity contribution in [2.45, 2.75) is 20.3 Å². The Labute approximate surface area is 145 Å². The third-order valence-electron chi connectivity index (χ3n) is 4.19. The Bertz CT molecular complexity index is 927. The molecular formula is C18H16ClN5. The summed E-state index contributed by atoms with van der Waals surface area (Å²) in [6.45, 7) is 4.80. The quantitative estimate of drug-likeness (QED) is 0.910. The number of hydrogen-bond donors (Lipinski definition) is 1. The maximum Gasteiger partial charge on any atom is 0.152 e. The fraction of sp³-hybridized carbons (Fsp3) is 0.222. The molecule has 4 rings (SSSR count). The summed E-state index contributed by atoms with van der Waals surface area (Å²) in [6.07, 6.45) is 6.08. The van der Waals surface area contributed by atoms with E-state index >= 15 is 0 Å². The molecule has 6 heteroatoms. The molecule has 120 valence electrons. The Morgan fingerprint density at radius 3 is 2.92 bits per heavy atom. The van der Waals surface area contributed by atoms with E-state index in [2.05, 4.69) is 40.2 Å². The van der Waals surface area contributed by atoms with Gasteiger partial charge in [0.2, 0.25) is 0 Å². The fourth-order valence-corrected chi connectivity index (χ4v) is 3.06. The van der Waals surface area contributed by atoms with E-state index in [9.17, 15) is 0 Å². The number of nitrogens with one attached hydrogen (secondary N) is 1. The fourth-order valence-electron chi connectivity index (χ4n) is 2.85. The second kappa shape index (κ2) is 5.83. The monoisotopic (exact) mass is 337 g/mol. The lowest BCUT2D eigenvalue weighted by Crippen LogP contribution is -2.12. The van der Waals surface area contributed by atoms with Gasteiger partial charge in [-0.05, 0) is 31.1 Å².